The number of rotatable bonds is 5. The maximum Gasteiger partial charge on any atom is 0.451 e. The maximum atomic E-state index is 13.3. The van der Waals surface area contributed by atoms with Gasteiger partial charge in [-0.05, 0) is 30.5 Å². The Bertz CT molecular complexity index is 1050. The highest BCUT2D eigenvalue weighted by atomic mass is 19.4. The zero-order valence-corrected chi connectivity index (χ0v) is 14.6. The topological polar surface area (TPSA) is 71.6 Å². The molecule has 3 rings (SSSR count). The number of nitriles is 1. The molecule has 8 heteroatoms. The third-order valence-electron chi connectivity index (χ3n) is 4.18. The van der Waals surface area contributed by atoms with Crippen LogP contribution in [0.25, 0.3) is 11.3 Å². The fourth-order valence-electron chi connectivity index (χ4n) is 2.81. The van der Waals surface area contributed by atoms with Crippen LogP contribution in [0.2, 0.25) is 0 Å². The highest BCUT2D eigenvalue weighted by molar-refractivity contribution is 5.58. The first kappa shape index (κ1) is 19.3. The first-order valence-corrected chi connectivity index (χ1v) is 8.49. The van der Waals surface area contributed by atoms with Crippen LogP contribution in [0, 0.1) is 11.3 Å². The van der Waals surface area contributed by atoms with Crippen molar-refractivity contribution < 1.29 is 13.2 Å². The summed E-state index contributed by atoms with van der Waals surface area (Å²) < 4.78 is 40.6. The lowest BCUT2D eigenvalue weighted by molar-refractivity contribution is -0.149. The summed E-state index contributed by atoms with van der Waals surface area (Å²) in [6.45, 7) is -0.138. The van der Waals surface area contributed by atoms with Gasteiger partial charge in [0.1, 0.15) is 0 Å². The third-order valence-corrected chi connectivity index (χ3v) is 4.18. The molecule has 2 aromatic carbocycles. The molecule has 0 saturated heterocycles. The molecule has 0 radical (unpaired) electrons. The van der Waals surface area contributed by atoms with Gasteiger partial charge in [0.15, 0.2) is 5.69 Å². The highest BCUT2D eigenvalue weighted by Gasteiger charge is 2.37. The Morgan fingerprint density at radius 1 is 1.00 bits per heavy atom. The molecule has 0 aliphatic carbocycles. The lowest BCUT2D eigenvalue weighted by Gasteiger charge is -2.14. The first-order chi connectivity index (χ1) is 13.4. The van der Waals surface area contributed by atoms with Crippen LogP contribution in [0.5, 0.6) is 0 Å². The summed E-state index contributed by atoms with van der Waals surface area (Å²) in [7, 11) is 0. The summed E-state index contributed by atoms with van der Waals surface area (Å²) in [5.41, 5.74) is 0.601. The maximum absolute atomic E-state index is 13.3. The van der Waals surface area contributed by atoms with Gasteiger partial charge in [-0.25, -0.2) is 0 Å². The van der Waals surface area contributed by atoms with E-state index >= 15 is 0 Å². The number of aromatic nitrogens is 3. The van der Waals surface area contributed by atoms with Gasteiger partial charge >= 0.3 is 6.18 Å². The number of halogens is 3. The molecule has 0 unspecified atom stereocenters. The van der Waals surface area contributed by atoms with Gasteiger partial charge in [-0.15, -0.1) is 10.2 Å². The Kier molecular flexibility index (Phi) is 5.54. The second-order valence-electron chi connectivity index (χ2n) is 6.11. The van der Waals surface area contributed by atoms with Gasteiger partial charge in [-0.1, -0.05) is 42.5 Å². The summed E-state index contributed by atoms with van der Waals surface area (Å²) in [6, 6.07) is 17.1. The Labute approximate surface area is 158 Å². The molecule has 28 heavy (non-hydrogen) atoms. The largest absolute Gasteiger partial charge is 0.451 e. The van der Waals surface area contributed by atoms with Crippen molar-refractivity contribution in [3.05, 3.63) is 81.9 Å². The Balaban J connectivity index is 1.95. The van der Waals surface area contributed by atoms with Crippen LogP contribution in [-0.4, -0.2) is 14.8 Å². The van der Waals surface area contributed by atoms with Crippen molar-refractivity contribution in [1.82, 2.24) is 14.8 Å². The van der Waals surface area contributed by atoms with E-state index in [4.69, 9.17) is 5.26 Å². The van der Waals surface area contributed by atoms with Gasteiger partial charge in [0.05, 0.1) is 11.6 Å². The van der Waals surface area contributed by atoms with E-state index in [-0.39, 0.29) is 12.2 Å². The van der Waals surface area contributed by atoms with Crippen LogP contribution in [-0.2, 0) is 19.1 Å². The van der Waals surface area contributed by atoms with Gasteiger partial charge in [0.25, 0.3) is 5.56 Å². The van der Waals surface area contributed by atoms with Crippen molar-refractivity contribution in [2.75, 3.05) is 0 Å². The molecule has 5 nitrogen and oxygen atoms in total. The van der Waals surface area contributed by atoms with Crippen molar-refractivity contribution in [2.24, 2.45) is 0 Å². The van der Waals surface area contributed by atoms with Gasteiger partial charge in [0.2, 0.25) is 5.82 Å². The standard InChI is InChI=1S/C20H15F3N4O/c21-20(22,23)19-26-25-17(16-10-8-15(13-24)9-11-16)18(28)27(19)12-4-7-14-5-2-1-3-6-14/h1-3,5-6,8-11H,4,7,12H2. The summed E-state index contributed by atoms with van der Waals surface area (Å²) in [6.07, 6.45) is -3.92. The zero-order chi connectivity index (χ0) is 20.1. The average Bonchev–Trinajstić information content (AvgIpc) is 2.69. The number of alkyl halides is 3. The monoisotopic (exact) mass is 384 g/mol. The Morgan fingerprint density at radius 2 is 1.68 bits per heavy atom. The molecule has 1 heterocycles. The fourth-order valence-corrected chi connectivity index (χ4v) is 2.81. The van der Waals surface area contributed by atoms with Gasteiger partial charge in [-0.3, -0.25) is 9.36 Å². The minimum atomic E-state index is -4.79. The minimum absolute atomic E-state index is 0.138. The number of hydrogen-bond acceptors (Lipinski definition) is 4. The first-order valence-electron chi connectivity index (χ1n) is 8.49. The summed E-state index contributed by atoms with van der Waals surface area (Å²) in [5, 5.41) is 15.6. The van der Waals surface area contributed by atoms with Crippen LogP contribution in [0.3, 0.4) is 0 Å². The van der Waals surface area contributed by atoms with Crippen molar-refractivity contribution in [2.45, 2.75) is 25.6 Å². The van der Waals surface area contributed by atoms with Gasteiger partial charge in [0, 0.05) is 12.1 Å². The van der Waals surface area contributed by atoms with Crippen molar-refractivity contribution in [3.63, 3.8) is 0 Å². The van der Waals surface area contributed by atoms with Crippen LogP contribution in [0.1, 0.15) is 23.4 Å². The zero-order valence-electron chi connectivity index (χ0n) is 14.6. The smallest absolute Gasteiger partial charge is 0.286 e. The number of hydrogen-bond donors (Lipinski definition) is 0. The number of benzene rings is 2. The van der Waals surface area contributed by atoms with E-state index in [2.05, 4.69) is 10.2 Å². The molecule has 0 amide bonds. The molecule has 0 atom stereocenters. The van der Waals surface area contributed by atoms with Crippen LogP contribution >= 0.6 is 0 Å². The second-order valence-corrected chi connectivity index (χ2v) is 6.11. The molecule has 0 aliphatic heterocycles. The van der Waals surface area contributed by atoms with E-state index in [0.717, 1.165) is 5.56 Å². The molecule has 0 spiro atoms. The number of aryl methyl sites for hydroxylation is 1. The van der Waals surface area contributed by atoms with Crippen LogP contribution in [0.4, 0.5) is 13.2 Å². The fraction of sp³-hybridized carbons (Fsp3) is 0.200. The molecule has 1 aromatic heterocycles. The lowest BCUT2D eigenvalue weighted by atomic mass is 10.1. The molecule has 0 saturated carbocycles. The molecular weight excluding hydrogens is 369 g/mol. The average molecular weight is 384 g/mol. The quantitative estimate of drug-likeness (QED) is 0.670. The summed E-state index contributed by atoms with van der Waals surface area (Å²) in [4.78, 5) is 12.7. The molecule has 0 bridgehead atoms. The Morgan fingerprint density at radius 3 is 2.29 bits per heavy atom. The normalized spacial score (nSPS) is 11.2. The van der Waals surface area contributed by atoms with Crippen molar-refractivity contribution in [1.29, 1.82) is 5.26 Å². The van der Waals surface area contributed by atoms with Gasteiger partial charge in [-0.2, -0.15) is 18.4 Å². The van der Waals surface area contributed by atoms with E-state index < -0.39 is 17.6 Å². The lowest BCUT2D eigenvalue weighted by Crippen LogP contribution is -2.32. The predicted molar refractivity (Wildman–Crippen MR) is 96.2 cm³/mol. The molecule has 0 fully saturated rings. The van der Waals surface area contributed by atoms with E-state index in [1.165, 1.54) is 24.3 Å². The van der Waals surface area contributed by atoms with Crippen molar-refractivity contribution in [3.8, 4) is 17.3 Å². The van der Waals surface area contributed by atoms with Crippen LogP contribution < -0.4 is 5.56 Å². The summed E-state index contributed by atoms with van der Waals surface area (Å²) >= 11 is 0. The minimum Gasteiger partial charge on any atom is -0.286 e. The molecular formula is C20H15F3N4O. The van der Waals surface area contributed by atoms with E-state index in [1.807, 2.05) is 36.4 Å². The van der Waals surface area contributed by atoms with Crippen LogP contribution in [0.15, 0.2) is 59.4 Å². The highest BCUT2D eigenvalue weighted by Crippen LogP contribution is 2.27. The van der Waals surface area contributed by atoms with E-state index in [0.29, 0.717) is 28.5 Å². The van der Waals surface area contributed by atoms with Gasteiger partial charge < -0.3 is 0 Å². The Hall–Kier alpha value is -3.47. The second kappa shape index (κ2) is 8.05. The SMILES string of the molecule is N#Cc1ccc(-c2nnc(C(F)(F)F)n(CCCc3ccccc3)c2=O)cc1. The van der Waals surface area contributed by atoms with Crippen molar-refractivity contribution >= 4 is 0 Å². The third kappa shape index (κ3) is 4.26. The predicted octanol–water partition coefficient (Wildman–Crippen LogP) is 3.83. The molecule has 142 valence electrons. The molecule has 3 aromatic rings. The number of nitrogens with zero attached hydrogens (tertiary/aromatic N) is 4. The molecule has 0 N–H and O–H groups in total. The van der Waals surface area contributed by atoms with E-state index in [1.54, 1.807) is 0 Å². The molecule has 0 aliphatic rings. The van der Waals surface area contributed by atoms with E-state index in [9.17, 15) is 18.0 Å². The summed E-state index contributed by atoms with van der Waals surface area (Å²) in [5.74, 6) is -1.32.